The first kappa shape index (κ1) is 17.0. The third-order valence-electron chi connectivity index (χ3n) is 4.45. The first-order chi connectivity index (χ1) is 9.81. The highest BCUT2D eigenvalue weighted by atomic mass is 79.9. The molecule has 1 aromatic carbocycles. The minimum atomic E-state index is -3.48. The monoisotopic (exact) mass is 373 g/mol. The molecule has 0 heterocycles. The van der Waals surface area contributed by atoms with Gasteiger partial charge in [0.25, 0.3) is 0 Å². The van der Waals surface area contributed by atoms with Gasteiger partial charge in [-0.2, -0.15) is 0 Å². The van der Waals surface area contributed by atoms with E-state index in [2.05, 4.69) is 41.4 Å². The zero-order chi connectivity index (χ0) is 15.6. The van der Waals surface area contributed by atoms with Crippen LogP contribution in [0, 0.1) is 17.8 Å². The molecule has 1 fully saturated rings. The van der Waals surface area contributed by atoms with Crippen LogP contribution in [0.4, 0.5) is 0 Å². The van der Waals surface area contributed by atoms with E-state index < -0.39 is 10.0 Å². The minimum absolute atomic E-state index is 0.0332. The molecule has 1 aliphatic rings. The van der Waals surface area contributed by atoms with Gasteiger partial charge in [0.05, 0.1) is 4.90 Å². The maximum atomic E-state index is 12.7. The largest absolute Gasteiger partial charge is 0.241 e. The van der Waals surface area contributed by atoms with Crippen molar-refractivity contribution >= 4 is 26.0 Å². The van der Waals surface area contributed by atoms with Gasteiger partial charge in [-0.05, 0) is 58.7 Å². The SMILES string of the molecule is CC1CCC(C(C)C)C(NS(=O)(=O)c2ccccc2Br)C1. The summed E-state index contributed by atoms with van der Waals surface area (Å²) in [7, 11) is -3.48. The van der Waals surface area contributed by atoms with Crippen LogP contribution in [0.5, 0.6) is 0 Å². The number of hydrogen-bond donors (Lipinski definition) is 1. The zero-order valence-corrected chi connectivity index (χ0v) is 15.2. The minimum Gasteiger partial charge on any atom is -0.208 e. The van der Waals surface area contributed by atoms with Crippen LogP contribution in [0.15, 0.2) is 33.6 Å². The summed E-state index contributed by atoms with van der Waals surface area (Å²) in [4.78, 5) is 0.325. The summed E-state index contributed by atoms with van der Waals surface area (Å²) in [5, 5.41) is 0. The molecule has 3 atom stereocenters. The summed E-state index contributed by atoms with van der Waals surface area (Å²) in [6.07, 6.45) is 3.21. The van der Waals surface area contributed by atoms with Crippen LogP contribution in [0.3, 0.4) is 0 Å². The van der Waals surface area contributed by atoms with Gasteiger partial charge < -0.3 is 0 Å². The first-order valence-electron chi connectivity index (χ1n) is 7.58. The van der Waals surface area contributed by atoms with Crippen LogP contribution in [0.2, 0.25) is 0 Å². The molecule has 0 spiro atoms. The van der Waals surface area contributed by atoms with E-state index in [1.807, 2.05) is 6.07 Å². The molecule has 0 aromatic heterocycles. The quantitative estimate of drug-likeness (QED) is 0.859. The van der Waals surface area contributed by atoms with E-state index in [-0.39, 0.29) is 6.04 Å². The molecular weight excluding hydrogens is 350 g/mol. The molecule has 118 valence electrons. The van der Waals surface area contributed by atoms with Gasteiger partial charge in [-0.15, -0.1) is 0 Å². The Morgan fingerprint density at radius 1 is 1.24 bits per heavy atom. The van der Waals surface area contributed by atoms with Gasteiger partial charge in [0.1, 0.15) is 0 Å². The van der Waals surface area contributed by atoms with Crippen LogP contribution in [0.1, 0.15) is 40.0 Å². The summed E-state index contributed by atoms with van der Waals surface area (Å²) in [5.41, 5.74) is 0. The van der Waals surface area contributed by atoms with E-state index in [0.29, 0.717) is 27.1 Å². The molecular formula is C16H24BrNO2S. The number of halogens is 1. The normalized spacial score (nSPS) is 27.0. The predicted molar refractivity (Wildman–Crippen MR) is 89.6 cm³/mol. The molecule has 1 aromatic rings. The summed E-state index contributed by atoms with van der Waals surface area (Å²) in [5.74, 6) is 1.48. The van der Waals surface area contributed by atoms with E-state index in [1.54, 1.807) is 18.2 Å². The van der Waals surface area contributed by atoms with Crippen molar-refractivity contribution < 1.29 is 8.42 Å². The Labute approximate surface area is 136 Å². The molecule has 2 rings (SSSR count). The summed E-state index contributed by atoms with van der Waals surface area (Å²) in [6.45, 7) is 6.57. The predicted octanol–water partition coefficient (Wildman–Crippen LogP) is 4.19. The highest BCUT2D eigenvalue weighted by Crippen LogP contribution is 2.34. The topological polar surface area (TPSA) is 46.2 Å². The van der Waals surface area contributed by atoms with E-state index >= 15 is 0 Å². The lowest BCUT2D eigenvalue weighted by Gasteiger charge is -2.37. The Hall–Kier alpha value is -0.390. The Balaban J connectivity index is 2.23. The fourth-order valence-electron chi connectivity index (χ4n) is 3.26. The second-order valence-corrected chi connectivity index (χ2v) is 9.02. The van der Waals surface area contributed by atoms with Crippen LogP contribution in [-0.4, -0.2) is 14.5 Å². The molecule has 1 aliphatic carbocycles. The lowest BCUT2D eigenvalue weighted by atomic mass is 9.74. The number of benzene rings is 1. The maximum Gasteiger partial charge on any atom is 0.241 e. The van der Waals surface area contributed by atoms with Crippen molar-refractivity contribution in [3.8, 4) is 0 Å². The van der Waals surface area contributed by atoms with Gasteiger partial charge in [0.15, 0.2) is 0 Å². The second-order valence-electron chi connectivity index (χ2n) is 6.48. The van der Waals surface area contributed by atoms with Crippen molar-refractivity contribution in [1.29, 1.82) is 0 Å². The molecule has 0 aliphatic heterocycles. The maximum absolute atomic E-state index is 12.7. The van der Waals surface area contributed by atoms with Gasteiger partial charge >= 0.3 is 0 Å². The molecule has 1 N–H and O–H groups in total. The van der Waals surface area contributed by atoms with Crippen LogP contribution < -0.4 is 4.72 Å². The first-order valence-corrected chi connectivity index (χ1v) is 9.85. The highest BCUT2D eigenvalue weighted by molar-refractivity contribution is 9.10. The third-order valence-corrected chi connectivity index (χ3v) is 6.96. The zero-order valence-electron chi connectivity index (χ0n) is 12.8. The lowest BCUT2D eigenvalue weighted by molar-refractivity contribution is 0.188. The Bertz CT molecular complexity index is 586. The van der Waals surface area contributed by atoms with E-state index in [9.17, 15) is 8.42 Å². The van der Waals surface area contributed by atoms with Gasteiger partial charge in [-0.3, -0.25) is 0 Å². The van der Waals surface area contributed by atoms with E-state index in [4.69, 9.17) is 0 Å². The molecule has 21 heavy (non-hydrogen) atoms. The van der Waals surface area contributed by atoms with Crippen molar-refractivity contribution in [3.63, 3.8) is 0 Å². The summed E-state index contributed by atoms with van der Waals surface area (Å²) >= 11 is 3.33. The number of nitrogens with one attached hydrogen (secondary N) is 1. The van der Waals surface area contributed by atoms with Crippen LogP contribution in [-0.2, 0) is 10.0 Å². The van der Waals surface area contributed by atoms with Gasteiger partial charge in [0, 0.05) is 10.5 Å². The lowest BCUT2D eigenvalue weighted by Crippen LogP contribution is -2.45. The fourth-order valence-corrected chi connectivity index (χ4v) is 5.57. The molecule has 1 saturated carbocycles. The van der Waals surface area contributed by atoms with Crippen molar-refractivity contribution in [2.45, 2.75) is 51.0 Å². The average molecular weight is 374 g/mol. The summed E-state index contributed by atoms with van der Waals surface area (Å²) in [6, 6.07) is 7.01. The Morgan fingerprint density at radius 3 is 2.52 bits per heavy atom. The third kappa shape index (κ3) is 4.08. The van der Waals surface area contributed by atoms with Crippen LogP contribution >= 0.6 is 15.9 Å². The van der Waals surface area contributed by atoms with Gasteiger partial charge in [-0.25, -0.2) is 13.1 Å². The summed E-state index contributed by atoms with van der Waals surface area (Å²) < 4.78 is 28.9. The fraction of sp³-hybridized carbons (Fsp3) is 0.625. The van der Waals surface area contributed by atoms with E-state index in [1.165, 1.54) is 6.42 Å². The highest BCUT2D eigenvalue weighted by Gasteiger charge is 2.34. The molecule has 5 heteroatoms. The number of rotatable bonds is 4. The Kier molecular flexibility index (Phi) is 5.49. The Morgan fingerprint density at radius 2 is 1.90 bits per heavy atom. The van der Waals surface area contributed by atoms with Gasteiger partial charge in [0.2, 0.25) is 10.0 Å². The number of sulfonamides is 1. The molecule has 3 nitrogen and oxygen atoms in total. The molecule has 0 radical (unpaired) electrons. The standard InChI is InChI=1S/C16H24BrNO2S/c1-11(2)13-9-8-12(3)10-15(13)18-21(19,20)16-7-5-4-6-14(16)17/h4-7,11-13,15,18H,8-10H2,1-3H3. The molecule has 0 bridgehead atoms. The molecule has 3 unspecified atom stereocenters. The molecule has 0 saturated heterocycles. The van der Waals surface area contributed by atoms with Crippen LogP contribution in [0.25, 0.3) is 0 Å². The molecule has 0 amide bonds. The second kappa shape index (κ2) is 6.80. The van der Waals surface area contributed by atoms with Crippen molar-refractivity contribution in [2.24, 2.45) is 17.8 Å². The van der Waals surface area contributed by atoms with Crippen molar-refractivity contribution in [2.75, 3.05) is 0 Å². The van der Waals surface area contributed by atoms with Crippen molar-refractivity contribution in [3.05, 3.63) is 28.7 Å². The van der Waals surface area contributed by atoms with Crippen molar-refractivity contribution in [1.82, 2.24) is 4.72 Å². The number of hydrogen-bond acceptors (Lipinski definition) is 2. The average Bonchev–Trinajstić information content (AvgIpc) is 2.38. The smallest absolute Gasteiger partial charge is 0.208 e. The van der Waals surface area contributed by atoms with E-state index in [0.717, 1.165) is 12.8 Å². The van der Waals surface area contributed by atoms with Gasteiger partial charge in [-0.1, -0.05) is 39.3 Å².